The molecule has 0 radical (unpaired) electrons. The molecule has 98 valence electrons. The number of benzene rings is 1. The molecule has 1 saturated heterocycles. The molecule has 0 aliphatic carbocycles. The number of anilines is 1. The van der Waals surface area contributed by atoms with Crippen LogP contribution in [-0.2, 0) is 0 Å². The lowest BCUT2D eigenvalue weighted by Crippen LogP contribution is -2.43. The number of hydrogen-bond donors (Lipinski definition) is 1. The molecule has 3 heteroatoms. The van der Waals surface area contributed by atoms with E-state index in [1.54, 1.807) is 0 Å². The first-order valence-corrected chi connectivity index (χ1v) is 7.15. The minimum atomic E-state index is 0.513. The molecule has 2 nitrogen and oxygen atoms in total. The maximum absolute atomic E-state index is 5.48. The van der Waals surface area contributed by atoms with Crippen molar-refractivity contribution in [2.45, 2.75) is 33.1 Å². The molecule has 0 bridgehead atoms. The molecule has 1 aliphatic rings. The molecule has 1 fully saturated rings. The van der Waals surface area contributed by atoms with Crippen molar-refractivity contribution in [3.8, 4) is 0 Å². The van der Waals surface area contributed by atoms with E-state index in [1.807, 2.05) is 30.3 Å². The SMILES string of the molecule is CCC1(C)CCN(C(=S)Nc2ccccc2)CC1. The molecule has 1 aromatic carbocycles. The summed E-state index contributed by atoms with van der Waals surface area (Å²) in [5, 5.41) is 4.17. The maximum atomic E-state index is 5.48. The Morgan fingerprint density at radius 3 is 2.44 bits per heavy atom. The summed E-state index contributed by atoms with van der Waals surface area (Å²) in [5.41, 5.74) is 1.59. The molecule has 0 aromatic heterocycles. The van der Waals surface area contributed by atoms with Crippen molar-refractivity contribution in [3.63, 3.8) is 0 Å². The zero-order chi connectivity index (χ0) is 13.0. The quantitative estimate of drug-likeness (QED) is 0.814. The van der Waals surface area contributed by atoms with E-state index >= 15 is 0 Å². The normalized spacial score (nSPS) is 18.4. The lowest BCUT2D eigenvalue weighted by atomic mass is 9.78. The Morgan fingerprint density at radius 1 is 1.28 bits per heavy atom. The molecule has 18 heavy (non-hydrogen) atoms. The standard InChI is InChI=1S/C15H22N2S/c1-3-15(2)9-11-17(12-10-15)14(18)16-13-7-5-4-6-8-13/h4-8H,3,9-12H2,1-2H3,(H,16,18). The summed E-state index contributed by atoms with van der Waals surface area (Å²) >= 11 is 5.48. The molecule has 0 saturated carbocycles. The van der Waals surface area contributed by atoms with Gasteiger partial charge < -0.3 is 10.2 Å². The van der Waals surface area contributed by atoms with Gasteiger partial charge in [0.1, 0.15) is 0 Å². The molecule has 1 aliphatic heterocycles. The summed E-state index contributed by atoms with van der Waals surface area (Å²) in [6, 6.07) is 10.2. The van der Waals surface area contributed by atoms with Gasteiger partial charge in [0, 0.05) is 18.8 Å². The Hall–Kier alpha value is -1.09. The zero-order valence-electron chi connectivity index (χ0n) is 11.3. The number of piperidine rings is 1. The molecular weight excluding hydrogens is 240 g/mol. The van der Waals surface area contributed by atoms with Gasteiger partial charge in [0.05, 0.1) is 0 Å². The minimum Gasteiger partial charge on any atom is -0.349 e. The summed E-state index contributed by atoms with van der Waals surface area (Å²) < 4.78 is 0. The number of thiocarbonyl (C=S) groups is 1. The van der Waals surface area contributed by atoms with Crippen LogP contribution in [0.5, 0.6) is 0 Å². The smallest absolute Gasteiger partial charge is 0.173 e. The first-order valence-electron chi connectivity index (χ1n) is 6.74. The zero-order valence-corrected chi connectivity index (χ0v) is 12.1. The largest absolute Gasteiger partial charge is 0.349 e. The predicted octanol–water partition coefficient (Wildman–Crippen LogP) is 3.90. The molecule has 0 atom stereocenters. The molecule has 1 N–H and O–H groups in total. The third-order valence-corrected chi connectivity index (χ3v) is 4.50. The Bertz CT molecular complexity index is 394. The van der Waals surface area contributed by atoms with Gasteiger partial charge in [-0.3, -0.25) is 0 Å². The average Bonchev–Trinajstić information content (AvgIpc) is 2.40. The minimum absolute atomic E-state index is 0.513. The van der Waals surface area contributed by atoms with Crippen molar-refractivity contribution in [2.75, 3.05) is 18.4 Å². The van der Waals surface area contributed by atoms with Crippen LogP contribution in [0.25, 0.3) is 0 Å². The van der Waals surface area contributed by atoms with Gasteiger partial charge in [0.2, 0.25) is 0 Å². The van der Waals surface area contributed by atoms with E-state index in [-0.39, 0.29) is 0 Å². The molecule has 2 rings (SSSR count). The fraction of sp³-hybridized carbons (Fsp3) is 0.533. The van der Waals surface area contributed by atoms with Crippen LogP contribution >= 0.6 is 12.2 Å². The Balaban J connectivity index is 1.88. The summed E-state index contributed by atoms with van der Waals surface area (Å²) in [6.07, 6.45) is 3.74. The van der Waals surface area contributed by atoms with E-state index in [0.29, 0.717) is 5.41 Å². The van der Waals surface area contributed by atoms with E-state index in [2.05, 4.69) is 24.1 Å². The molecule has 0 amide bonds. The highest BCUT2D eigenvalue weighted by atomic mass is 32.1. The van der Waals surface area contributed by atoms with E-state index < -0.39 is 0 Å². The van der Waals surface area contributed by atoms with Crippen LogP contribution in [-0.4, -0.2) is 23.1 Å². The van der Waals surface area contributed by atoms with Gasteiger partial charge in [0.15, 0.2) is 5.11 Å². The van der Waals surface area contributed by atoms with Crippen LogP contribution in [0.4, 0.5) is 5.69 Å². The average molecular weight is 262 g/mol. The van der Waals surface area contributed by atoms with Crippen molar-refractivity contribution in [1.29, 1.82) is 0 Å². The lowest BCUT2D eigenvalue weighted by molar-refractivity contribution is 0.164. The summed E-state index contributed by atoms with van der Waals surface area (Å²) in [5.74, 6) is 0. The topological polar surface area (TPSA) is 15.3 Å². The predicted molar refractivity (Wildman–Crippen MR) is 81.9 cm³/mol. The van der Waals surface area contributed by atoms with E-state index in [0.717, 1.165) is 23.9 Å². The van der Waals surface area contributed by atoms with E-state index in [1.165, 1.54) is 19.3 Å². The van der Waals surface area contributed by atoms with Gasteiger partial charge in [-0.15, -0.1) is 0 Å². The second kappa shape index (κ2) is 5.70. The van der Waals surface area contributed by atoms with Crippen LogP contribution in [0, 0.1) is 5.41 Å². The first-order chi connectivity index (χ1) is 8.63. The second-order valence-electron chi connectivity index (χ2n) is 5.45. The number of para-hydroxylation sites is 1. The number of likely N-dealkylation sites (tertiary alicyclic amines) is 1. The number of rotatable bonds is 2. The lowest BCUT2D eigenvalue weighted by Gasteiger charge is -2.40. The van der Waals surface area contributed by atoms with Gasteiger partial charge in [-0.2, -0.15) is 0 Å². The van der Waals surface area contributed by atoms with E-state index in [9.17, 15) is 0 Å². The maximum Gasteiger partial charge on any atom is 0.173 e. The van der Waals surface area contributed by atoms with Crippen molar-refractivity contribution < 1.29 is 0 Å². The van der Waals surface area contributed by atoms with Crippen molar-refractivity contribution >= 4 is 23.0 Å². The van der Waals surface area contributed by atoms with Crippen LogP contribution in [0.15, 0.2) is 30.3 Å². The van der Waals surface area contributed by atoms with Gasteiger partial charge in [-0.1, -0.05) is 38.5 Å². The first kappa shape index (κ1) is 13.3. The van der Waals surface area contributed by atoms with Crippen LogP contribution in [0.2, 0.25) is 0 Å². The van der Waals surface area contributed by atoms with Crippen molar-refractivity contribution in [2.24, 2.45) is 5.41 Å². The van der Waals surface area contributed by atoms with Gasteiger partial charge in [-0.25, -0.2) is 0 Å². The molecule has 1 heterocycles. The number of hydrogen-bond acceptors (Lipinski definition) is 1. The molecule has 0 unspecified atom stereocenters. The van der Waals surface area contributed by atoms with Crippen molar-refractivity contribution in [1.82, 2.24) is 4.90 Å². The number of nitrogens with one attached hydrogen (secondary N) is 1. The van der Waals surface area contributed by atoms with Gasteiger partial charge >= 0.3 is 0 Å². The fourth-order valence-electron chi connectivity index (χ4n) is 2.33. The third-order valence-electron chi connectivity index (χ3n) is 4.14. The van der Waals surface area contributed by atoms with Crippen LogP contribution in [0.3, 0.4) is 0 Å². The Morgan fingerprint density at radius 2 is 1.89 bits per heavy atom. The number of nitrogens with zero attached hydrogens (tertiary/aromatic N) is 1. The summed E-state index contributed by atoms with van der Waals surface area (Å²) in [7, 11) is 0. The Labute approximate surface area is 115 Å². The fourth-order valence-corrected chi connectivity index (χ4v) is 2.63. The van der Waals surface area contributed by atoms with E-state index in [4.69, 9.17) is 12.2 Å². The highest BCUT2D eigenvalue weighted by Gasteiger charge is 2.29. The highest BCUT2D eigenvalue weighted by molar-refractivity contribution is 7.80. The third kappa shape index (κ3) is 3.22. The van der Waals surface area contributed by atoms with Gasteiger partial charge in [0.25, 0.3) is 0 Å². The second-order valence-corrected chi connectivity index (χ2v) is 5.83. The molecule has 1 aromatic rings. The Kier molecular flexibility index (Phi) is 4.23. The van der Waals surface area contributed by atoms with Crippen LogP contribution in [0.1, 0.15) is 33.1 Å². The summed E-state index contributed by atoms with van der Waals surface area (Å²) in [6.45, 7) is 6.82. The highest BCUT2D eigenvalue weighted by Crippen LogP contribution is 2.34. The molecular formula is C15H22N2S. The molecule has 0 spiro atoms. The summed E-state index contributed by atoms with van der Waals surface area (Å²) in [4.78, 5) is 2.29. The van der Waals surface area contributed by atoms with Crippen LogP contribution < -0.4 is 5.32 Å². The van der Waals surface area contributed by atoms with Gasteiger partial charge in [-0.05, 0) is 42.6 Å². The monoisotopic (exact) mass is 262 g/mol. The van der Waals surface area contributed by atoms with Crippen molar-refractivity contribution in [3.05, 3.63) is 30.3 Å².